The predicted molar refractivity (Wildman–Crippen MR) is 138 cm³/mol. The van der Waals surface area contributed by atoms with Gasteiger partial charge >= 0.3 is 5.97 Å². The Kier molecular flexibility index (Phi) is 5.94. The Balaban J connectivity index is 1.68. The molecule has 0 spiro atoms. The number of rotatable bonds is 6. The van der Waals surface area contributed by atoms with Crippen molar-refractivity contribution in [3.8, 4) is 11.3 Å². The van der Waals surface area contributed by atoms with E-state index >= 15 is 0 Å². The van der Waals surface area contributed by atoms with Crippen molar-refractivity contribution >= 4 is 27.9 Å². The molecule has 0 amide bonds. The van der Waals surface area contributed by atoms with Crippen LogP contribution in [0.2, 0.25) is 0 Å². The number of nitrogens with zero attached hydrogens (tertiary/aromatic N) is 5. The molecule has 0 radical (unpaired) electrons. The number of ether oxygens (including phenoxy) is 1. The number of aliphatic hydroxyl groups excluding tert-OH is 1. The number of carboxylic acid groups (broad SMARTS) is 1. The smallest absolute Gasteiger partial charge is 0.335 e. The molecule has 5 aromatic rings. The highest BCUT2D eigenvalue weighted by atomic mass is 16.5. The maximum atomic E-state index is 11.9. The van der Waals surface area contributed by atoms with E-state index in [1.807, 2.05) is 24.3 Å². The fourth-order valence-electron chi connectivity index (χ4n) is 5.64. The number of aromatic carboxylic acids is 1. The van der Waals surface area contributed by atoms with Crippen LogP contribution in [-0.2, 0) is 18.4 Å². The molecule has 37 heavy (non-hydrogen) atoms. The average molecular weight is 498 g/mol. The van der Waals surface area contributed by atoms with E-state index in [4.69, 9.17) is 9.72 Å². The van der Waals surface area contributed by atoms with E-state index in [1.165, 1.54) is 0 Å². The molecule has 2 aromatic carbocycles. The molecule has 1 aliphatic rings. The van der Waals surface area contributed by atoms with Gasteiger partial charge in [0, 0.05) is 37.4 Å². The first-order valence-electron chi connectivity index (χ1n) is 12.4. The van der Waals surface area contributed by atoms with Crippen molar-refractivity contribution in [2.45, 2.75) is 25.5 Å². The molecule has 0 saturated carbocycles. The van der Waals surface area contributed by atoms with Crippen LogP contribution in [0.4, 0.5) is 0 Å². The van der Waals surface area contributed by atoms with E-state index in [-0.39, 0.29) is 18.2 Å². The Morgan fingerprint density at radius 2 is 1.89 bits per heavy atom. The van der Waals surface area contributed by atoms with Gasteiger partial charge in [0.2, 0.25) is 0 Å². The summed E-state index contributed by atoms with van der Waals surface area (Å²) in [7, 11) is 1.79. The van der Waals surface area contributed by atoms with Crippen LogP contribution in [0.15, 0.2) is 60.8 Å². The van der Waals surface area contributed by atoms with E-state index in [0.29, 0.717) is 30.5 Å². The lowest BCUT2D eigenvalue weighted by atomic mass is 9.86. The van der Waals surface area contributed by atoms with Gasteiger partial charge in [0.1, 0.15) is 5.69 Å². The van der Waals surface area contributed by atoms with Crippen LogP contribution in [0, 0.1) is 5.92 Å². The second-order valence-electron chi connectivity index (χ2n) is 9.47. The number of pyridine rings is 1. The van der Waals surface area contributed by atoms with Gasteiger partial charge in [-0.25, -0.2) is 9.48 Å². The molecule has 2 N–H and O–H groups in total. The second kappa shape index (κ2) is 9.42. The zero-order valence-corrected chi connectivity index (χ0v) is 20.4. The quantitative estimate of drug-likeness (QED) is 0.361. The van der Waals surface area contributed by atoms with Gasteiger partial charge in [-0.15, -0.1) is 5.10 Å². The molecule has 1 saturated heterocycles. The predicted octanol–water partition coefficient (Wildman–Crippen LogP) is 4.19. The standard InChI is InChI=1S/C28H27N5O4/c1-32-27(22(16-34)30-31-32)20-14-24-25(29-15-20)21-8-7-19(28(35)36)13-23(21)33(24)26(17-5-3-2-4-6-17)18-9-11-37-12-10-18/h2-8,13-15,18,26,34H,9-12,16H2,1H3,(H,35,36)/t26-/m1/s1. The third-order valence-corrected chi connectivity index (χ3v) is 7.34. The van der Waals surface area contributed by atoms with Crippen LogP contribution in [-0.4, -0.2) is 53.9 Å². The van der Waals surface area contributed by atoms with E-state index in [0.717, 1.165) is 45.9 Å². The molecule has 0 aliphatic carbocycles. The van der Waals surface area contributed by atoms with Crippen LogP contribution >= 0.6 is 0 Å². The topological polar surface area (TPSA) is 115 Å². The molecule has 1 aliphatic heterocycles. The van der Waals surface area contributed by atoms with Crippen molar-refractivity contribution in [1.29, 1.82) is 0 Å². The number of aliphatic hydroxyl groups is 1. The maximum Gasteiger partial charge on any atom is 0.335 e. The van der Waals surface area contributed by atoms with Gasteiger partial charge < -0.3 is 19.5 Å². The summed E-state index contributed by atoms with van der Waals surface area (Å²) in [5.41, 5.74) is 5.85. The summed E-state index contributed by atoms with van der Waals surface area (Å²) in [5, 5.41) is 28.7. The van der Waals surface area contributed by atoms with Gasteiger partial charge in [0.05, 0.1) is 40.5 Å². The lowest BCUT2D eigenvalue weighted by Crippen LogP contribution is -2.27. The largest absolute Gasteiger partial charge is 0.478 e. The molecule has 1 atom stereocenters. The van der Waals surface area contributed by atoms with Crippen LogP contribution in [0.5, 0.6) is 0 Å². The number of benzene rings is 2. The summed E-state index contributed by atoms with van der Waals surface area (Å²) in [6.07, 6.45) is 3.56. The minimum atomic E-state index is -0.969. The SMILES string of the molecule is Cn1nnc(CO)c1-c1cnc2c3ccc(C(=O)O)cc3n([C@H](c3ccccc3)C3CCOCC3)c2c1. The molecule has 0 unspecified atom stereocenters. The second-order valence-corrected chi connectivity index (χ2v) is 9.47. The molecule has 6 rings (SSSR count). The summed E-state index contributed by atoms with van der Waals surface area (Å²) in [4.78, 5) is 16.8. The maximum absolute atomic E-state index is 11.9. The van der Waals surface area contributed by atoms with Crippen LogP contribution in [0.25, 0.3) is 33.2 Å². The van der Waals surface area contributed by atoms with Crippen LogP contribution < -0.4 is 0 Å². The van der Waals surface area contributed by atoms with Gasteiger partial charge in [-0.3, -0.25) is 4.98 Å². The molecule has 4 heterocycles. The molecular formula is C28H27N5O4. The van der Waals surface area contributed by atoms with Crippen molar-refractivity contribution in [3.05, 3.63) is 77.6 Å². The van der Waals surface area contributed by atoms with Gasteiger partial charge in [0.25, 0.3) is 0 Å². The van der Waals surface area contributed by atoms with E-state index in [1.54, 1.807) is 30.1 Å². The van der Waals surface area contributed by atoms with Crippen LogP contribution in [0.3, 0.4) is 0 Å². The number of aryl methyl sites for hydroxylation is 1. The number of carbonyl (C=O) groups is 1. The third kappa shape index (κ3) is 3.96. The van der Waals surface area contributed by atoms with Crippen molar-refractivity contribution in [2.75, 3.05) is 13.2 Å². The molecule has 9 heteroatoms. The fourth-order valence-corrected chi connectivity index (χ4v) is 5.64. The molecule has 9 nitrogen and oxygen atoms in total. The first kappa shape index (κ1) is 23.3. The van der Waals surface area contributed by atoms with Crippen LogP contribution in [0.1, 0.15) is 40.5 Å². The van der Waals surface area contributed by atoms with Crippen molar-refractivity contribution in [3.63, 3.8) is 0 Å². The molecule has 1 fully saturated rings. The van der Waals surface area contributed by atoms with Crippen molar-refractivity contribution in [1.82, 2.24) is 24.5 Å². The summed E-state index contributed by atoms with van der Waals surface area (Å²) in [6, 6.07) is 17.6. The molecular weight excluding hydrogens is 470 g/mol. The Morgan fingerprint density at radius 1 is 1.11 bits per heavy atom. The molecule has 3 aromatic heterocycles. The highest BCUT2D eigenvalue weighted by molar-refractivity contribution is 6.08. The van der Waals surface area contributed by atoms with E-state index in [9.17, 15) is 15.0 Å². The number of hydrogen-bond acceptors (Lipinski definition) is 6. The molecule has 0 bridgehead atoms. The number of hydrogen-bond donors (Lipinski definition) is 2. The average Bonchev–Trinajstić information content (AvgIpc) is 3.47. The van der Waals surface area contributed by atoms with Gasteiger partial charge in [-0.05, 0) is 48.6 Å². The summed E-state index contributed by atoms with van der Waals surface area (Å²) in [5.74, 6) is -0.679. The van der Waals surface area contributed by atoms with Crippen molar-refractivity contribution < 1.29 is 19.7 Å². The Hall–Kier alpha value is -4.08. The highest BCUT2D eigenvalue weighted by Gasteiger charge is 2.30. The number of aromatic nitrogens is 5. The normalized spacial score (nSPS) is 15.4. The minimum absolute atomic E-state index is 0.0480. The Bertz CT molecular complexity index is 1600. The zero-order valence-electron chi connectivity index (χ0n) is 20.4. The van der Waals surface area contributed by atoms with E-state index in [2.05, 4.69) is 33.1 Å². The highest BCUT2D eigenvalue weighted by Crippen LogP contribution is 2.41. The lowest BCUT2D eigenvalue weighted by Gasteiger charge is -2.33. The first-order valence-corrected chi connectivity index (χ1v) is 12.4. The van der Waals surface area contributed by atoms with E-state index < -0.39 is 5.97 Å². The van der Waals surface area contributed by atoms with Gasteiger partial charge in [0.15, 0.2) is 0 Å². The zero-order chi connectivity index (χ0) is 25.5. The molecule has 188 valence electrons. The van der Waals surface area contributed by atoms with Gasteiger partial charge in [-0.1, -0.05) is 35.5 Å². The monoisotopic (exact) mass is 497 g/mol. The summed E-state index contributed by atoms with van der Waals surface area (Å²) < 4.78 is 9.58. The minimum Gasteiger partial charge on any atom is -0.478 e. The Labute approximate surface area is 212 Å². The first-order chi connectivity index (χ1) is 18.1. The number of carboxylic acids is 1. The lowest BCUT2D eigenvalue weighted by molar-refractivity contribution is 0.0553. The number of fused-ring (bicyclic) bond motifs is 3. The fraction of sp³-hybridized carbons (Fsp3) is 0.286. The third-order valence-electron chi connectivity index (χ3n) is 7.34. The summed E-state index contributed by atoms with van der Waals surface area (Å²) >= 11 is 0. The van der Waals surface area contributed by atoms with Crippen molar-refractivity contribution in [2.24, 2.45) is 13.0 Å². The van der Waals surface area contributed by atoms with Gasteiger partial charge in [-0.2, -0.15) is 0 Å². The summed E-state index contributed by atoms with van der Waals surface area (Å²) in [6.45, 7) is 1.14. The Morgan fingerprint density at radius 3 is 2.62 bits per heavy atom.